The topological polar surface area (TPSA) is 104 Å². The maximum Gasteiger partial charge on any atom is 0.303 e. The Kier molecular flexibility index (Phi) is 5.94. The summed E-state index contributed by atoms with van der Waals surface area (Å²) >= 11 is 0. The molecule has 1 aliphatic heterocycles. The summed E-state index contributed by atoms with van der Waals surface area (Å²) in [7, 11) is 3.45. The van der Waals surface area contributed by atoms with Gasteiger partial charge >= 0.3 is 5.97 Å². The third kappa shape index (κ3) is 4.48. The van der Waals surface area contributed by atoms with Gasteiger partial charge in [0.15, 0.2) is 0 Å². The first kappa shape index (κ1) is 16.4. The summed E-state index contributed by atoms with van der Waals surface area (Å²) in [5.41, 5.74) is 5.71. The zero-order chi connectivity index (χ0) is 15.3. The molecule has 0 aliphatic carbocycles. The fraction of sp³-hybridized carbons (Fsp3) is 0.769. The van der Waals surface area contributed by atoms with Crippen molar-refractivity contribution in [3.05, 3.63) is 0 Å². The Bertz CT molecular complexity index is 376. The largest absolute Gasteiger partial charge is 0.481 e. The van der Waals surface area contributed by atoms with Crippen molar-refractivity contribution in [3.8, 4) is 0 Å². The Morgan fingerprint density at radius 2 is 1.85 bits per heavy atom. The summed E-state index contributed by atoms with van der Waals surface area (Å²) in [6.07, 6.45) is 1.30. The normalized spacial score (nSPS) is 17.6. The van der Waals surface area contributed by atoms with Gasteiger partial charge in [-0.15, -0.1) is 0 Å². The molecule has 1 aliphatic rings. The van der Waals surface area contributed by atoms with E-state index in [1.807, 2.05) is 0 Å². The second-order valence-electron chi connectivity index (χ2n) is 5.37. The Balaban J connectivity index is 2.42. The van der Waals surface area contributed by atoms with E-state index < -0.39 is 12.0 Å². The number of hydrogen-bond donors (Lipinski definition) is 2. The van der Waals surface area contributed by atoms with Crippen molar-refractivity contribution in [2.45, 2.75) is 31.7 Å². The monoisotopic (exact) mass is 285 g/mol. The fourth-order valence-corrected chi connectivity index (χ4v) is 2.35. The molecular formula is C13H23N3O4. The summed E-state index contributed by atoms with van der Waals surface area (Å²) in [5.74, 6) is -1.12. The van der Waals surface area contributed by atoms with E-state index in [9.17, 15) is 14.4 Å². The van der Waals surface area contributed by atoms with Crippen LogP contribution in [0.25, 0.3) is 0 Å². The number of piperidine rings is 1. The third-order valence-corrected chi connectivity index (χ3v) is 3.58. The SMILES string of the molecule is CN(C)C(=O)C1CCN(C(=O)C(N)CCC(=O)O)CC1. The van der Waals surface area contributed by atoms with Crippen molar-refractivity contribution in [1.29, 1.82) is 0 Å². The number of nitrogens with two attached hydrogens (primary N) is 1. The molecule has 0 aromatic heterocycles. The maximum absolute atomic E-state index is 12.0. The van der Waals surface area contributed by atoms with Gasteiger partial charge in [0.05, 0.1) is 6.04 Å². The number of carboxylic acid groups (broad SMARTS) is 1. The van der Waals surface area contributed by atoms with Crippen LogP contribution in [0.3, 0.4) is 0 Å². The minimum atomic E-state index is -0.955. The number of carboxylic acids is 1. The van der Waals surface area contributed by atoms with Crippen LogP contribution >= 0.6 is 0 Å². The predicted octanol–water partition coefficient (Wildman–Crippen LogP) is -0.495. The molecule has 3 N–H and O–H groups in total. The van der Waals surface area contributed by atoms with Crippen molar-refractivity contribution in [1.82, 2.24) is 9.80 Å². The van der Waals surface area contributed by atoms with E-state index in [0.29, 0.717) is 25.9 Å². The van der Waals surface area contributed by atoms with Gasteiger partial charge in [-0.05, 0) is 19.3 Å². The number of hydrogen-bond acceptors (Lipinski definition) is 4. The molecule has 1 heterocycles. The summed E-state index contributed by atoms with van der Waals surface area (Å²) in [6.45, 7) is 1.01. The van der Waals surface area contributed by atoms with Gasteiger partial charge in [-0.1, -0.05) is 0 Å². The molecule has 7 nitrogen and oxygen atoms in total. The van der Waals surface area contributed by atoms with E-state index in [2.05, 4.69) is 0 Å². The van der Waals surface area contributed by atoms with Crippen LogP contribution in [0.15, 0.2) is 0 Å². The first-order chi connectivity index (χ1) is 9.32. The highest BCUT2D eigenvalue weighted by Gasteiger charge is 2.30. The summed E-state index contributed by atoms with van der Waals surface area (Å²) < 4.78 is 0. The molecule has 0 bridgehead atoms. The van der Waals surface area contributed by atoms with Crippen LogP contribution in [0.1, 0.15) is 25.7 Å². The van der Waals surface area contributed by atoms with Crippen molar-refractivity contribution >= 4 is 17.8 Å². The van der Waals surface area contributed by atoms with Crippen LogP contribution in [0.5, 0.6) is 0 Å². The first-order valence-corrected chi connectivity index (χ1v) is 6.80. The molecule has 0 saturated carbocycles. The maximum atomic E-state index is 12.0. The van der Waals surface area contributed by atoms with Gasteiger partial charge in [0.2, 0.25) is 11.8 Å². The Labute approximate surface area is 118 Å². The molecule has 1 fully saturated rings. The van der Waals surface area contributed by atoms with Crippen LogP contribution in [0.2, 0.25) is 0 Å². The number of rotatable bonds is 5. The van der Waals surface area contributed by atoms with E-state index in [0.717, 1.165) is 0 Å². The third-order valence-electron chi connectivity index (χ3n) is 3.58. The smallest absolute Gasteiger partial charge is 0.303 e. The standard InChI is InChI=1S/C13H23N3O4/c1-15(2)12(19)9-5-7-16(8-6-9)13(20)10(14)3-4-11(17)18/h9-10H,3-8,14H2,1-2H3,(H,17,18). The minimum Gasteiger partial charge on any atom is -0.481 e. The fourth-order valence-electron chi connectivity index (χ4n) is 2.35. The molecule has 114 valence electrons. The van der Waals surface area contributed by atoms with Crippen LogP contribution in [0.4, 0.5) is 0 Å². The zero-order valence-corrected chi connectivity index (χ0v) is 12.0. The molecule has 20 heavy (non-hydrogen) atoms. The number of nitrogens with zero attached hydrogens (tertiary/aromatic N) is 2. The van der Waals surface area contributed by atoms with Crippen LogP contribution in [0, 0.1) is 5.92 Å². The minimum absolute atomic E-state index is 0.0377. The van der Waals surface area contributed by atoms with Gasteiger partial charge in [-0.25, -0.2) is 0 Å². The van der Waals surface area contributed by atoms with E-state index in [4.69, 9.17) is 10.8 Å². The van der Waals surface area contributed by atoms with Crippen molar-refractivity contribution in [2.24, 2.45) is 11.7 Å². The molecule has 0 aromatic rings. The van der Waals surface area contributed by atoms with Gasteiger partial charge in [0.25, 0.3) is 0 Å². The molecule has 0 aromatic carbocycles. The molecule has 0 spiro atoms. The van der Waals surface area contributed by atoms with Gasteiger partial charge in [-0.2, -0.15) is 0 Å². The first-order valence-electron chi connectivity index (χ1n) is 6.80. The second-order valence-corrected chi connectivity index (χ2v) is 5.37. The van der Waals surface area contributed by atoms with E-state index in [-0.39, 0.29) is 30.6 Å². The lowest BCUT2D eigenvalue weighted by Gasteiger charge is -2.33. The van der Waals surface area contributed by atoms with Gasteiger partial charge in [0.1, 0.15) is 0 Å². The summed E-state index contributed by atoms with van der Waals surface area (Å²) in [5, 5.41) is 8.58. The highest BCUT2D eigenvalue weighted by molar-refractivity contribution is 5.83. The lowest BCUT2D eigenvalue weighted by atomic mass is 9.95. The highest BCUT2D eigenvalue weighted by atomic mass is 16.4. The van der Waals surface area contributed by atoms with Crippen molar-refractivity contribution < 1.29 is 19.5 Å². The van der Waals surface area contributed by atoms with Gasteiger partial charge in [-0.3, -0.25) is 14.4 Å². The average Bonchev–Trinajstić information content (AvgIpc) is 2.43. The second kappa shape index (κ2) is 7.23. The van der Waals surface area contributed by atoms with Gasteiger partial charge < -0.3 is 20.6 Å². The number of aliphatic carboxylic acids is 1. The van der Waals surface area contributed by atoms with Crippen LogP contribution < -0.4 is 5.73 Å². The molecule has 7 heteroatoms. The zero-order valence-electron chi connectivity index (χ0n) is 12.0. The highest BCUT2D eigenvalue weighted by Crippen LogP contribution is 2.19. The molecule has 1 saturated heterocycles. The van der Waals surface area contributed by atoms with Crippen LogP contribution in [-0.2, 0) is 14.4 Å². The Hall–Kier alpha value is -1.63. The number of carbonyl (C=O) groups is 3. The van der Waals surface area contributed by atoms with E-state index in [1.54, 1.807) is 23.9 Å². The number of amides is 2. The molecule has 1 atom stereocenters. The lowest BCUT2D eigenvalue weighted by molar-refractivity contribution is -0.140. The van der Waals surface area contributed by atoms with E-state index in [1.165, 1.54) is 0 Å². The molecular weight excluding hydrogens is 262 g/mol. The lowest BCUT2D eigenvalue weighted by Crippen LogP contribution is -2.48. The number of carbonyl (C=O) groups excluding carboxylic acids is 2. The Morgan fingerprint density at radius 3 is 2.30 bits per heavy atom. The average molecular weight is 285 g/mol. The summed E-state index contributed by atoms with van der Waals surface area (Å²) in [6, 6.07) is -0.771. The Morgan fingerprint density at radius 1 is 1.30 bits per heavy atom. The quantitative estimate of drug-likeness (QED) is 0.709. The molecule has 1 unspecified atom stereocenters. The van der Waals surface area contributed by atoms with E-state index >= 15 is 0 Å². The molecule has 2 amide bonds. The molecule has 1 rings (SSSR count). The summed E-state index contributed by atoms with van der Waals surface area (Å²) in [4.78, 5) is 37.5. The molecule has 0 radical (unpaired) electrons. The van der Waals surface area contributed by atoms with Crippen LogP contribution in [-0.4, -0.2) is 65.9 Å². The van der Waals surface area contributed by atoms with Gasteiger partial charge in [0, 0.05) is 39.5 Å². The van der Waals surface area contributed by atoms with Crippen molar-refractivity contribution in [3.63, 3.8) is 0 Å². The predicted molar refractivity (Wildman–Crippen MR) is 72.8 cm³/mol. The number of likely N-dealkylation sites (tertiary alicyclic amines) is 1. The van der Waals surface area contributed by atoms with Crippen molar-refractivity contribution in [2.75, 3.05) is 27.2 Å².